The van der Waals surface area contributed by atoms with Crippen molar-refractivity contribution in [3.8, 4) is 0 Å². The van der Waals surface area contributed by atoms with Gasteiger partial charge in [0.05, 0.1) is 6.61 Å². The molecule has 0 spiro atoms. The molecule has 18 heavy (non-hydrogen) atoms. The summed E-state index contributed by atoms with van der Waals surface area (Å²) < 4.78 is 5.41. The molecule has 0 bridgehead atoms. The maximum atomic E-state index is 11.7. The average molecular weight is 258 g/mol. The summed E-state index contributed by atoms with van der Waals surface area (Å²) in [5, 5.41) is 2.90. The van der Waals surface area contributed by atoms with Crippen LogP contribution in [0.2, 0.25) is 0 Å². The number of hydrogen-bond acceptors (Lipinski definition) is 3. The van der Waals surface area contributed by atoms with Gasteiger partial charge >= 0.3 is 0 Å². The van der Waals surface area contributed by atoms with Gasteiger partial charge in [-0.3, -0.25) is 4.79 Å². The van der Waals surface area contributed by atoms with E-state index in [0.717, 1.165) is 25.9 Å². The largest absolute Gasteiger partial charge is 0.379 e. The fourth-order valence-corrected chi connectivity index (χ4v) is 1.62. The first-order valence-corrected chi connectivity index (χ1v) is 7.04. The van der Waals surface area contributed by atoms with Crippen molar-refractivity contribution in [2.45, 2.75) is 53.0 Å². The van der Waals surface area contributed by atoms with Crippen molar-refractivity contribution in [2.24, 2.45) is 17.6 Å². The molecule has 0 aromatic heterocycles. The van der Waals surface area contributed by atoms with Crippen LogP contribution in [0.5, 0.6) is 0 Å². The topological polar surface area (TPSA) is 64.3 Å². The Morgan fingerprint density at radius 2 is 1.89 bits per heavy atom. The van der Waals surface area contributed by atoms with Crippen LogP contribution < -0.4 is 11.1 Å². The predicted octanol–water partition coefficient (Wildman–Crippen LogP) is 1.93. The summed E-state index contributed by atoms with van der Waals surface area (Å²) in [6.07, 6.45) is 2.89. The number of hydrogen-bond donors (Lipinski definition) is 2. The molecule has 2 atom stereocenters. The molecule has 1 amide bonds. The number of ether oxygens (including phenoxy) is 1. The quantitative estimate of drug-likeness (QED) is 0.588. The molecule has 4 heteroatoms. The minimum absolute atomic E-state index is 0.0637. The first-order chi connectivity index (χ1) is 8.43. The van der Waals surface area contributed by atoms with Crippen LogP contribution in [0, 0.1) is 11.8 Å². The molecule has 3 N–H and O–H groups in total. The molecule has 0 aliphatic carbocycles. The Morgan fingerprint density at radius 3 is 2.44 bits per heavy atom. The molecule has 0 aliphatic heterocycles. The summed E-state index contributed by atoms with van der Waals surface area (Å²) in [6, 6.07) is 0.227. The molecule has 108 valence electrons. The molecule has 0 heterocycles. The van der Waals surface area contributed by atoms with E-state index in [2.05, 4.69) is 19.2 Å². The molecule has 0 saturated heterocycles. The summed E-state index contributed by atoms with van der Waals surface area (Å²) in [5.74, 6) is 0.722. The Hall–Kier alpha value is -0.610. The fraction of sp³-hybridized carbons (Fsp3) is 0.929. The second-order valence-corrected chi connectivity index (χ2v) is 5.57. The van der Waals surface area contributed by atoms with E-state index in [4.69, 9.17) is 10.5 Å². The van der Waals surface area contributed by atoms with E-state index >= 15 is 0 Å². The Morgan fingerprint density at radius 1 is 1.22 bits per heavy atom. The van der Waals surface area contributed by atoms with Crippen molar-refractivity contribution in [3.63, 3.8) is 0 Å². The van der Waals surface area contributed by atoms with Crippen LogP contribution in [0.3, 0.4) is 0 Å². The molecule has 0 aromatic carbocycles. The van der Waals surface area contributed by atoms with E-state index in [9.17, 15) is 4.79 Å². The molecule has 0 saturated carbocycles. The van der Waals surface area contributed by atoms with E-state index in [0.29, 0.717) is 19.1 Å². The Labute approximate surface area is 112 Å². The van der Waals surface area contributed by atoms with Gasteiger partial charge < -0.3 is 15.8 Å². The third kappa shape index (κ3) is 10.5. The van der Waals surface area contributed by atoms with Gasteiger partial charge in [0.1, 0.15) is 0 Å². The van der Waals surface area contributed by atoms with Gasteiger partial charge in [0.2, 0.25) is 5.91 Å². The molecule has 0 radical (unpaired) electrons. The highest BCUT2D eigenvalue weighted by Gasteiger charge is 2.11. The maximum absolute atomic E-state index is 11.7. The molecule has 0 fully saturated rings. The zero-order valence-electron chi connectivity index (χ0n) is 12.4. The highest BCUT2D eigenvalue weighted by Crippen LogP contribution is 2.08. The second kappa shape index (κ2) is 10.3. The smallest absolute Gasteiger partial charge is 0.222 e. The normalized spacial score (nSPS) is 14.6. The van der Waals surface area contributed by atoms with Crippen LogP contribution in [0.15, 0.2) is 0 Å². The van der Waals surface area contributed by atoms with Crippen LogP contribution in [0.25, 0.3) is 0 Å². The van der Waals surface area contributed by atoms with Crippen molar-refractivity contribution in [1.82, 2.24) is 5.32 Å². The highest BCUT2D eigenvalue weighted by atomic mass is 16.5. The van der Waals surface area contributed by atoms with Gasteiger partial charge in [0.25, 0.3) is 0 Å². The molecule has 0 aromatic rings. The highest BCUT2D eigenvalue weighted by molar-refractivity contribution is 5.78. The van der Waals surface area contributed by atoms with Crippen LogP contribution in [-0.2, 0) is 9.53 Å². The van der Waals surface area contributed by atoms with Gasteiger partial charge in [-0.2, -0.15) is 0 Å². The number of nitrogens with two attached hydrogens (primary N) is 1. The lowest BCUT2D eigenvalue weighted by molar-refractivity contribution is -0.125. The van der Waals surface area contributed by atoms with Crippen molar-refractivity contribution in [1.29, 1.82) is 0 Å². The zero-order chi connectivity index (χ0) is 14.0. The third-order valence-corrected chi connectivity index (χ3v) is 2.74. The van der Waals surface area contributed by atoms with E-state index in [-0.39, 0.29) is 17.9 Å². The first-order valence-electron chi connectivity index (χ1n) is 7.04. The van der Waals surface area contributed by atoms with Gasteiger partial charge in [-0.1, -0.05) is 27.2 Å². The lowest BCUT2D eigenvalue weighted by Gasteiger charge is -2.13. The van der Waals surface area contributed by atoms with E-state index < -0.39 is 0 Å². The van der Waals surface area contributed by atoms with Crippen molar-refractivity contribution in [2.75, 3.05) is 19.8 Å². The minimum atomic E-state index is 0.0637. The second-order valence-electron chi connectivity index (χ2n) is 5.57. The van der Waals surface area contributed by atoms with E-state index in [1.165, 1.54) is 0 Å². The van der Waals surface area contributed by atoms with Crippen molar-refractivity contribution >= 4 is 5.91 Å². The summed E-state index contributed by atoms with van der Waals surface area (Å²) in [6.45, 7) is 10.1. The van der Waals surface area contributed by atoms with Gasteiger partial charge in [0.15, 0.2) is 0 Å². The Kier molecular flexibility index (Phi) is 9.98. The lowest BCUT2D eigenvalue weighted by atomic mass is 10.0. The molecule has 2 unspecified atom stereocenters. The molecule has 0 rings (SSSR count). The Balaban J connectivity index is 3.50. The van der Waals surface area contributed by atoms with Crippen LogP contribution in [-0.4, -0.2) is 31.7 Å². The molecule has 0 aliphatic rings. The predicted molar refractivity (Wildman–Crippen MR) is 75.3 cm³/mol. The average Bonchev–Trinajstić information content (AvgIpc) is 2.27. The summed E-state index contributed by atoms with van der Waals surface area (Å²) >= 11 is 0. The standard InChI is InChI=1S/C14H30N2O2/c1-11(2)10-18-9-8-16-14(17)12(3)6-5-7-13(4)15/h11-13H,5-10,15H2,1-4H3,(H,16,17). The van der Waals surface area contributed by atoms with Gasteiger partial charge in [0, 0.05) is 25.1 Å². The van der Waals surface area contributed by atoms with Crippen LogP contribution >= 0.6 is 0 Å². The third-order valence-electron chi connectivity index (χ3n) is 2.74. The summed E-state index contributed by atoms with van der Waals surface area (Å²) in [4.78, 5) is 11.7. The van der Waals surface area contributed by atoms with E-state index in [1.807, 2.05) is 13.8 Å². The molecule has 4 nitrogen and oxygen atoms in total. The molecular formula is C14H30N2O2. The van der Waals surface area contributed by atoms with Crippen LogP contribution in [0.1, 0.15) is 47.0 Å². The summed E-state index contributed by atoms with van der Waals surface area (Å²) in [5.41, 5.74) is 5.68. The maximum Gasteiger partial charge on any atom is 0.222 e. The monoisotopic (exact) mass is 258 g/mol. The number of carbonyl (C=O) groups excluding carboxylic acids is 1. The van der Waals surface area contributed by atoms with Gasteiger partial charge in [-0.05, 0) is 25.7 Å². The van der Waals surface area contributed by atoms with E-state index in [1.54, 1.807) is 0 Å². The number of nitrogens with one attached hydrogen (secondary N) is 1. The Bertz CT molecular complexity index is 218. The fourth-order valence-electron chi connectivity index (χ4n) is 1.62. The molecular weight excluding hydrogens is 228 g/mol. The van der Waals surface area contributed by atoms with Gasteiger partial charge in [-0.15, -0.1) is 0 Å². The van der Waals surface area contributed by atoms with Crippen LogP contribution in [0.4, 0.5) is 0 Å². The van der Waals surface area contributed by atoms with Crippen molar-refractivity contribution < 1.29 is 9.53 Å². The van der Waals surface area contributed by atoms with Crippen molar-refractivity contribution in [3.05, 3.63) is 0 Å². The number of carbonyl (C=O) groups is 1. The number of amides is 1. The zero-order valence-corrected chi connectivity index (χ0v) is 12.4. The van der Waals surface area contributed by atoms with Gasteiger partial charge in [-0.25, -0.2) is 0 Å². The first kappa shape index (κ1) is 17.4. The SMILES string of the molecule is CC(C)COCCNC(=O)C(C)CCCC(C)N. The summed E-state index contributed by atoms with van der Waals surface area (Å²) in [7, 11) is 0. The number of rotatable bonds is 10. The minimum Gasteiger partial charge on any atom is -0.379 e. The lowest BCUT2D eigenvalue weighted by Crippen LogP contribution is -2.32.